The van der Waals surface area contributed by atoms with Gasteiger partial charge in [0.15, 0.2) is 0 Å². The van der Waals surface area contributed by atoms with Crippen molar-refractivity contribution >= 4 is 0 Å². The number of aliphatic hydroxyl groups is 1. The Kier molecular flexibility index (Phi) is 5.38. The Labute approximate surface area is 105 Å². The van der Waals surface area contributed by atoms with Crippen molar-refractivity contribution in [1.29, 1.82) is 0 Å². The lowest BCUT2D eigenvalue weighted by atomic mass is 9.64. The molecule has 0 spiro atoms. The molecule has 1 rings (SSSR count). The third-order valence-corrected chi connectivity index (χ3v) is 3.88. The molecular formula is C13H27NO3. The maximum atomic E-state index is 9.73. The van der Waals surface area contributed by atoms with Crippen LogP contribution < -0.4 is 0 Å². The zero-order valence-corrected chi connectivity index (χ0v) is 11.8. The molecule has 3 atom stereocenters. The molecule has 1 fully saturated rings. The zero-order chi connectivity index (χ0) is 13.1. The van der Waals surface area contributed by atoms with Crippen molar-refractivity contribution in [1.82, 2.24) is 4.90 Å². The van der Waals surface area contributed by atoms with Crippen LogP contribution in [0.5, 0.6) is 0 Å². The Hall–Kier alpha value is -0.160. The normalized spacial score (nSPS) is 29.1. The number of aliphatic hydroxyl groups excluding tert-OH is 1. The first-order valence-electron chi connectivity index (χ1n) is 6.42. The van der Waals surface area contributed by atoms with Crippen LogP contribution in [-0.4, -0.2) is 62.2 Å². The Morgan fingerprint density at radius 2 is 2.12 bits per heavy atom. The van der Waals surface area contributed by atoms with Gasteiger partial charge in [0, 0.05) is 31.7 Å². The SMILES string of the molecule is CCO[C@@H]1C[C@@H](N(C)C[C@H](O)COC)C1(C)C. The summed E-state index contributed by atoms with van der Waals surface area (Å²) in [6, 6.07) is 0.477. The first kappa shape index (κ1) is 14.9. The van der Waals surface area contributed by atoms with Crippen LogP contribution in [0.15, 0.2) is 0 Å². The van der Waals surface area contributed by atoms with Crippen LogP contribution in [0.4, 0.5) is 0 Å². The minimum absolute atomic E-state index is 0.164. The minimum Gasteiger partial charge on any atom is -0.389 e. The lowest BCUT2D eigenvalue weighted by Gasteiger charge is -2.55. The summed E-state index contributed by atoms with van der Waals surface area (Å²) < 4.78 is 10.7. The molecule has 0 heterocycles. The van der Waals surface area contributed by atoms with E-state index in [2.05, 4.69) is 25.8 Å². The molecule has 0 radical (unpaired) electrons. The Morgan fingerprint density at radius 3 is 2.59 bits per heavy atom. The van der Waals surface area contributed by atoms with E-state index in [0.29, 0.717) is 25.3 Å². The Bertz CT molecular complexity index is 233. The van der Waals surface area contributed by atoms with Crippen molar-refractivity contribution in [2.45, 2.75) is 45.4 Å². The van der Waals surface area contributed by atoms with Crippen LogP contribution >= 0.6 is 0 Å². The first-order chi connectivity index (χ1) is 7.93. The van der Waals surface area contributed by atoms with E-state index < -0.39 is 6.10 Å². The predicted octanol–water partition coefficient (Wildman–Crippen LogP) is 1.13. The highest BCUT2D eigenvalue weighted by Crippen LogP contribution is 2.45. The molecule has 1 N–H and O–H groups in total. The molecule has 1 aliphatic rings. The summed E-state index contributed by atoms with van der Waals surface area (Å²) in [6.45, 7) is 8.33. The van der Waals surface area contributed by atoms with E-state index in [-0.39, 0.29) is 5.41 Å². The quantitative estimate of drug-likeness (QED) is 0.730. The minimum atomic E-state index is -0.410. The van der Waals surface area contributed by atoms with Gasteiger partial charge in [-0.25, -0.2) is 0 Å². The van der Waals surface area contributed by atoms with Crippen molar-refractivity contribution in [2.75, 3.05) is 33.9 Å². The van der Waals surface area contributed by atoms with Gasteiger partial charge in [-0.1, -0.05) is 13.8 Å². The standard InChI is InChI=1S/C13H27NO3/c1-6-17-12-7-11(13(12,2)3)14(4)8-10(15)9-16-5/h10-12,15H,6-9H2,1-5H3/t10-,11+,12+/m0/s1. The van der Waals surface area contributed by atoms with E-state index in [4.69, 9.17) is 9.47 Å². The van der Waals surface area contributed by atoms with E-state index in [0.717, 1.165) is 13.0 Å². The second kappa shape index (κ2) is 6.14. The molecule has 0 aromatic rings. The summed E-state index contributed by atoms with van der Waals surface area (Å²) >= 11 is 0. The summed E-state index contributed by atoms with van der Waals surface area (Å²) in [7, 11) is 3.68. The maximum Gasteiger partial charge on any atom is 0.0900 e. The molecule has 1 aliphatic carbocycles. The van der Waals surface area contributed by atoms with Crippen molar-refractivity contribution in [3.05, 3.63) is 0 Å². The molecule has 4 heteroatoms. The fourth-order valence-electron chi connectivity index (χ4n) is 2.80. The monoisotopic (exact) mass is 245 g/mol. The van der Waals surface area contributed by atoms with Crippen LogP contribution in [0.2, 0.25) is 0 Å². The average molecular weight is 245 g/mol. The fraction of sp³-hybridized carbons (Fsp3) is 1.00. The average Bonchev–Trinajstić information content (AvgIpc) is 2.23. The van der Waals surface area contributed by atoms with E-state index in [9.17, 15) is 5.11 Å². The molecule has 0 unspecified atom stereocenters. The van der Waals surface area contributed by atoms with Crippen molar-refractivity contribution in [3.63, 3.8) is 0 Å². The maximum absolute atomic E-state index is 9.73. The zero-order valence-electron chi connectivity index (χ0n) is 11.8. The van der Waals surface area contributed by atoms with Gasteiger partial charge in [-0.05, 0) is 20.4 Å². The van der Waals surface area contributed by atoms with Gasteiger partial charge in [-0.2, -0.15) is 0 Å². The lowest BCUT2D eigenvalue weighted by molar-refractivity contribution is -0.150. The van der Waals surface area contributed by atoms with Crippen molar-refractivity contribution < 1.29 is 14.6 Å². The molecular weight excluding hydrogens is 218 g/mol. The Balaban J connectivity index is 2.42. The largest absolute Gasteiger partial charge is 0.389 e. The highest BCUT2D eigenvalue weighted by molar-refractivity contribution is 5.03. The molecule has 0 aliphatic heterocycles. The summed E-state index contributed by atoms with van der Waals surface area (Å²) in [6.07, 6.45) is 0.989. The van der Waals surface area contributed by atoms with Gasteiger partial charge in [0.25, 0.3) is 0 Å². The summed E-state index contributed by atoms with van der Waals surface area (Å²) in [4.78, 5) is 2.22. The fourth-order valence-corrected chi connectivity index (χ4v) is 2.80. The van der Waals surface area contributed by atoms with Crippen LogP contribution in [0.25, 0.3) is 0 Å². The number of hydrogen-bond acceptors (Lipinski definition) is 4. The van der Waals surface area contributed by atoms with Crippen LogP contribution in [0.1, 0.15) is 27.2 Å². The summed E-state index contributed by atoms with van der Waals surface area (Å²) in [5.74, 6) is 0. The number of ether oxygens (including phenoxy) is 2. The van der Waals surface area contributed by atoms with Gasteiger partial charge in [-0.3, -0.25) is 0 Å². The molecule has 0 aromatic carbocycles. The van der Waals surface area contributed by atoms with Crippen LogP contribution in [0, 0.1) is 5.41 Å². The highest BCUT2D eigenvalue weighted by Gasteiger charge is 2.50. The summed E-state index contributed by atoms with van der Waals surface area (Å²) in [5.41, 5.74) is 0.164. The molecule has 0 saturated heterocycles. The van der Waals surface area contributed by atoms with Gasteiger partial charge in [0.05, 0.1) is 18.8 Å². The highest BCUT2D eigenvalue weighted by atomic mass is 16.5. The molecule has 0 bridgehead atoms. The smallest absolute Gasteiger partial charge is 0.0900 e. The van der Waals surface area contributed by atoms with E-state index >= 15 is 0 Å². The molecule has 102 valence electrons. The number of methoxy groups -OCH3 is 1. The third-order valence-electron chi connectivity index (χ3n) is 3.88. The molecule has 0 aromatic heterocycles. The topological polar surface area (TPSA) is 41.9 Å². The van der Waals surface area contributed by atoms with Gasteiger partial charge < -0.3 is 19.5 Å². The van der Waals surface area contributed by atoms with Crippen molar-refractivity contribution in [2.24, 2.45) is 5.41 Å². The molecule has 17 heavy (non-hydrogen) atoms. The first-order valence-corrected chi connectivity index (χ1v) is 6.42. The number of nitrogens with zero attached hydrogens (tertiary/aromatic N) is 1. The summed E-state index contributed by atoms with van der Waals surface area (Å²) in [5, 5.41) is 9.73. The second-order valence-electron chi connectivity index (χ2n) is 5.57. The number of rotatable bonds is 7. The molecule has 4 nitrogen and oxygen atoms in total. The Morgan fingerprint density at radius 1 is 1.47 bits per heavy atom. The molecule has 0 amide bonds. The van der Waals surface area contributed by atoms with Gasteiger partial charge in [0.2, 0.25) is 0 Å². The lowest BCUT2D eigenvalue weighted by Crippen LogP contribution is -2.62. The molecule has 1 saturated carbocycles. The number of likely N-dealkylation sites (N-methyl/N-ethyl adjacent to an activating group) is 1. The van der Waals surface area contributed by atoms with Crippen LogP contribution in [0.3, 0.4) is 0 Å². The van der Waals surface area contributed by atoms with Crippen molar-refractivity contribution in [3.8, 4) is 0 Å². The number of hydrogen-bond donors (Lipinski definition) is 1. The predicted molar refractivity (Wildman–Crippen MR) is 68.1 cm³/mol. The van der Waals surface area contributed by atoms with E-state index in [1.54, 1.807) is 7.11 Å². The van der Waals surface area contributed by atoms with Gasteiger partial charge in [-0.15, -0.1) is 0 Å². The van der Waals surface area contributed by atoms with E-state index in [1.165, 1.54) is 0 Å². The van der Waals surface area contributed by atoms with E-state index in [1.807, 2.05) is 6.92 Å². The van der Waals surface area contributed by atoms with Gasteiger partial charge in [0.1, 0.15) is 0 Å². The van der Waals surface area contributed by atoms with Crippen LogP contribution in [-0.2, 0) is 9.47 Å². The third kappa shape index (κ3) is 3.41. The second-order valence-corrected chi connectivity index (χ2v) is 5.57. The van der Waals surface area contributed by atoms with Gasteiger partial charge >= 0.3 is 0 Å².